The molecule has 0 radical (unpaired) electrons. The highest BCUT2D eigenvalue weighted by Crippen LogP contribution is 2.38. The maximum absolute atomic E-state index is 11.6. The van der Waals surface area contributed by atoms with Gasteiger partial charge in [-0.1, -0.05) is 0 Å². The smallest absolute Gasteiger partial charge is 0.234 e. The van der Waals surface area contributed by atoms with Gasteiger partial charge in [0.25, 0.3) is 0 Å². The Labute approximate surface area is 97.0 Å². The van der Waals surface area contributed by atoms with E-state index in [-0.39, 0.29) is 24.4 Å². The summed E-state index contributed by atoms with van der Waals surface area (Å²) in [6.45, 7) is -0.215. The maximum Gasteiger partial charge on any atom is 0.234 e. The minimum atomic E-state index is -0.903. The van der Waals surface area contributed by atoms with Crippen molar-refractivity contribution < 1.29 is 19.4 Å². The van der Waals surface area contributed by atoms with E-state index in [0.717, 1.165) is 0 Å². The average molecular weight is 243 g/mol. The van der Waals surface area contributed by atoms with Gasteiger partial charge in [-0.15, -0.1) is 11.8 Å². The van der Waals surface area contributed by atoms with Gasteiger partial charge in [-0.05, 0) is 12.1 Å². The lowest BCUT2D eigenvalue weighted by molar-refractivity contribution is -0.130. The lowest BCUT2D eigenvalue weighted by Gasteiger charge is -2.24. The molecule has 2 unspecified atom stereocenters. The number of hydrogen-bond donors (Lipinski definition) is 2. The molecule has 0 aliphatic carbocycles. The Morgan fingerprint density at radius 2 is 2.50 bits per heavy atom. The Kier molecular flexibility index (Phi) is 3.52. The molecule has 1 aromatic heterocycles. The molecule has 2 rings (SSSR count). The molecule has 2 N–H and O–H groups in total. The molecule has 1 fully saturated rings. The number of furan rings is 1. The molecule has 1 saturated heterocycles. The highest BCUT2D eigenvalue weighted by molar-refractivity contribution is 8.00. The number of β-amino-alcohol motifs (C(OH)–C–C–N with tert-alkyl or cyclic N) is 1. The summed E-state index contributed by atoms with van der Waals surface area (Å²) in [7, 11) is 0. The first-order valence-electron chi connectivity index (χ1n) is 4.95. The Balaban J connectivity index is 2.10. The molecular weight excluding hydrogens is 230 g/mol. The maximum atomic E-state index is 11.6. The summed E-state index contributed by atoms with van der Waals surface area (Å²) in [5, 5.41) is 18.0. The van der Waals surface area contributed by atoms with Crippen LogP contribution in [0.5, 0.6) is 0 Å². The Morgan fingerprint density at radius 1 is 1.69 bits per heavy atom. The van der Waals surface area contributed by atoms with Crippen LogP contribution in [-0.2, 0) is 4.79 Å². The van der Waals surface area contributed by atoms with Crippen LogP contribution in [0, 0.1) is 0 Å². The minimum Gasteiger partial charge on any atom is -0.466 e. The number of carbonyl (C=O) groups is 1. The average Bonchev–Trinajstić information content (AvgIpc) is 2.89. The number of hydrogen-bond acceptors (Lipinski definition) is 5. The van der Waals surface area contributed by atoms with Gasteiger partial charge < -0.3 is 19.5 Å². The normalized spacial score (nSPS) is 22.8. The van der Waals surface area contributed by atoms with E-state index in [2.05, 4.69) is 0 Å². The van der Waals surface area contributed by atoms with Gasteiger partial charge >= 0.3 is 0 Å². The van der Waals surface area contributed by atoms with Crippen LogP contribution in [0.2, 0.25) is 0 Å². The third kappa shape index (κ3) is 2.23. The predicted octanol–water partition coefficient (Wildman–Crippen LogP) is 0.207. The third-order valence-electron chi connectivity index (χ3n) is 2.37. The number of amides is 1. The molecule has 5 nitrogen and oxygen atoms in total. The predicted molar refractivity (Wildman–Crippen MR) is 58.7 cm³/mol. The lowest BCUT2D eigenvalue weighted by Crippen LogP contribution is -2.36. The fraction of sp³-hybridized carbons (Fsp3) is 0.500. The van der Waals surface area contributed by atoms with E-state index in [0.29, 0.717) is 11.5 Å². The fourth-order valence-corrected chi connectivity index (χ4v) is 2.75. The van der Waals surface area contributed by atoms with Crippen molar-refractivity contribution in [3.8, 4) is 0 Å². The lowest BCUT2D eigenvalue weighted by atomic mass is 10.3. The van der Waals surface area contributed by atoms with Crippen LogP contribution in [0.25, 0.3) is 0 Å². The Morgan fingerprint density at radius 3 is 3.12 bits per heavy atom. The van der Waals surface area contributed by atoms with Gasteiger partial charge in [0.05, 0.1) is 31.3 Å². The molecule has 1 amide bonds. The van der Waals surface area contributed by atoms with Crippen molar-refractivity contribution in [2.24, 2.45) is 0 Å². The zero-order chi connectivity index (χ0) is 11.5. The van der Waals surface area contributed by atoms with Gasteiger partial charge in [0.2, 0.25) is 5.91 Å². The van der Waals surface area contributed by atoms with Crippen molar-refractivity contribution >= 4 is 17.7 Å². The molecule has 1 aromatic rings. The number of rotatable bonds is 4. The molecule has 0 bridgehead atoms. The Bertz CT molecular complexity index is 354. The van der Waals surface area contributed by atoms with Crippen LogP contribution in [0.3, 0.4) is 0 Å². The molecule has 0 aromatic carbocycles. The zero-order valence-electron chi connectivity index (χ0n) is 8.57. The van der Waals surface area contributed by atoms with Crippen LogP contribution < -0.4 is 0 Å². The first kappa shape index (κ1) is 11.5. The summed E-state index contributed by atoms with van der Waals surface area (Å²) < 4.78 is 5.25. The summed E-state index contributed by atoms with van der Waals surface area (Å²) in [6, 6.07) is 3.56. The topological polar surface area (TPSA) is 73.9 Å². The number of aliphatic hydroxyl groups excluding tert-OH is 2. The van der Waals surface area contributed by atoms with E-state index in [1.807, 2.05) is 0 Å². The van der Waals surface area contributed by atoms with Crippen LogP contribution in [0.4, 0.5) is 0 Å². The third-order valence-corrected chi connectivity index (χ3v) is 3.59. The summed E-state index contributed by atoms with van der Waals surface area (Å²) in [5.74, 6) is 1.03. The SMILES string of the molecule is O=C1CSC(c2ccco2)N1CC(O)CO. The van der Waals surface area contributed by atoms with E-state index < -0.39 is 6.10 Å². The Hall–Kier alpha value is -0.980. The van der Waals surface area contributed by atoms with E-state index >= 15 is 0 Å². The zero-order valence-corrected chi connectivity index (χ0v) is 9.39. The number of nitrogens with zero attached hydrogens (tertiary/aromatic N) is 1. The molecule has 0 saturated carbocycles. The number of aliphatic hydroxyl groups is 2. The molecule has 88 valence electrons. The standard InChI is InChI=1S/C10H13NO4S/c12-5-7(13)4-11-9(14)6-16-10(11)8-2-1-3-15-8/h1-3,7,10,12-13H,4-6H2. The van der Waals surface area contributed by atoms with E-state index in [4.69, 9.17) is 9.52 Å². The quantitative estimate of drug-likeness (QED) is 0.790. The van der Waals surface area contributed by atoms with Crippen LogP contribution in [0.1, 0.15) is 11.1 Å². The van der Waals surface area contributed by atoms with Crippen molar-refractivity contribution in [1.29, 1.82) is 0 Å². The molecule has 1 aliphatic rings. The molecule has 1 aliphatic heterocycles. The summed E-state index contributed by atoms with van der Waals surface area (Å²) in [4.78, 5) is 13.1. The van der Waals surface area contributed by atoms with Crippen LogP contribution >= 0.6 is 11.8 Å². The van der Waals surface area contributed by atoms with Gasteiger partial charge in [-0.25, -0.2) is 0 Å². The first-order chi connectivity index (χ1) is 7.72. The fourth-order valence-electron chi connectivity index (χ4n) is 1.60. The van der Waals surface area contributed by atoms with Crippen molar-refractivity contribution in [3.63, 3.8) is 0 Å². The molecule has 2 atom stereocenters. The highest BCUT2D eigenvalue weighted by Gasteiger charge is 2.35. The van der Waals surface area contributed by atoms with Crippen molar-refractivity contribution in [2.75, 3.05) is 18.9 Å². The highest BCUT2D eigenvalue weighted by atomic mass is 32.2. The molecule has 6 heteroatoms. The monoisotopic (exact) mass is 243 g/mol. The second kappa shape index (κ2) is 4.90. The molecule has 0 spiro atoms. The molecule has 2 heterocycles. The van der Waals surface area contributed by atoms with E-state index in [1.165, 1.54) is 16.7 Å². The number of thioether (sulfide) groups is 1. The van der Waals surface area contributed by atoms with Gasteiger partial charge in [-0.3, -0.25) is 4.79 Å². The van der Waals surface area contributed by atoms with Crippen LogP contribution in [0.15, 0.2) is 22.8 Å². The molecule has 16 heavy (non-hydrogen) atoms. The summed E-state index contributed by atoms with van der Waals surface area (Å²) in [5.41, 5.74) is 0. The van der Waals surface area contributed by atoms with Gasteiger partial charge in [0.15, 0.2) is 0 Å². The van der Waals surface area contributed by atoms with E-state index in [9.17, 15) is 9.90 Å². The second-order valence-corrected chi connectivity index (χ2v) is 4.63. The summed E-state index contributed by atoms with van der Waals surface area (Å²) >= 11 is 1.46. The first-order valence-corrected chi connectivity index (χ1v) is 6.00. The van der Waals surface area contributed by atoms with E-state index in [1.54, 1.807) is 18.4 Å². The summed E-state index contributed by atoms with van der Waals surface area (Å²) in [6.07, 6.45) is 0.652. The minimum absolute atomic E-state index is 0.0427. The molecular formula is C10H13NO4S. The van der Waals surface area contributed by atoms with Gasteiger partial charge in [-0.2, -0.15) is 0 Å². The van der Waals surface area contributed by atoms with Crippen molar-refractivity contribution in [2.45, 2.75) is 11.5 Å². The van der Waals surface area contributed by atoms with Crippen LogP contribution in [-0.4, -0.2) is 46.0 Å². The second-order valence-electron chi connectivity index (χ2n) is 3.56. The van der Waals surface area contributed by atoms with Gasteiger partial charge in [0, 0.05) is 0 Å². The van der Waals surface area contributed by atoms with Crippen molar-refractivity contribution in [3.05, 3.63) is 24.2 Å². The van der Waals surface area contributed by atoms with Gasteiger partial charge in [0.1, 0.15) is 11.1 Å². The van der Waals surface area contributed by atoms with Crippen molar-refractivity contribution in [1.82, 2.24) is 4.90 Å². The number of carbonyl (C=O) groups excluding carboxylic acids is 1. The largest absolute Gasteiger partial charge is 0.466 e.